The van der Waals surface area contributed by atoms with E-state index < -0.39 is 23.2 Å². The summed E-state index contributed by atoms with van der Waals surface area (Å²) >= 11 is -0.758. The molecule has 0 saturated carbocycles. The SMILES string of the molecule is CC1=Cc2ccccc2[CH]1[Zr+2][CH]1C(Pc2ccccc2C)=Cc2ccccc21.[F-].[F-]. The van der Waals surface area contributed by atoms with E-state index in [1.54, 1.807) is 22.0 Å². The molecule has 0 saturated heterocycles. The Hall–Kier alpha value is -1.69. The Balaban J connectivity index is 0.00000128. The molecule has 0 radical (unpaired) electrons. The van der Waals surface area contributed by atoms with Crippen molar-refractivity contribution in [3.05, 3.63) is 112 Å². The molecule has 0 nitrogen and oxygen atoms in total. The molecule has 150 valence electrons. The van der Waals surface area contributed by atoms with E-state index >= 15 is 0 Å². The summed E-state index contributed by atoms with van der Waals surface area (Å²) in [6, 6.07) is 27.0. The summed E-state index contributed by atoms with van der Waals surface area (Å²) in [5, 5.41) is 3.17. The van der Waals surface area contributed by atoms with Crippen molar-refractivity contribution in [2.24, 2.45) is 0 Å². The maximum atomic E-state index is 2.51. The van der Waals surface area contributed by atoms with Crippen LogP contribution in [0, 0.1) is 6.92 Å². The van der Waals surface area contributed by atoms with Crippen molar-refractivity contribution >= 4 is 26.0 Å². The molecule has 0 bridgehead atoms. The molecule has 4 heteroatoms. The summed E-state index contributed by atoms with van der Waals surface area (Å²) in [5.41, 5.74) is 9.07. The number of rotatable bonds is 4. The predicted molar refractivity (Wildman–Crippen MR) is 119 cm³/mol. The van der Waals surface area contributed by atoms with Gasteiger partial charge in [-0.15, -0.1) is 0 Å². The molecule has 2 aliphatic rings. The quantitative estimate of drug-likeness (QED) is 0.467. The molecule has 0 N–H and O–H groups in total. The van der Waals surface area contributed by atoms with Gasteiger partial charge in [0, 0.05) is 0 Å². The first-order chi connectivity index (χ1) is 13.7. The zero-order chi connectivity index (χ0) is 19.1. The molecule has 0 fully saturated rings. The van der Waals surface area contributed by atoms with Crippen LogP contribution in [0.1, 0.15) is 42.0 Å². The van der Waals surface area contributed by atoms with Crippen LogP contribution in [0.2, 0.25) is 0 Å². The van der Waals surface area contributed by atoms with Gasteiger partial charge in [0.05, 0.1) is 0 Å². The first-order valence-corrected chi connectivity index (χ1v) is 13.7. The van der Waals surface area contributed by atoms with Gasteiger partial charge in [-0.25, -0.2) is 0 Å². The molecule has 2 aliphatic carbocycles. The molecule has 0 amide bonds. The Labute approximate surface area is 190 Å². The van der Waals surface area contributed by atoms with Crippen molar-refractivity contribution in [1.82, 2.24) is 0 Å². The molecule has 5 rings (SSSR count). The van der Waals surface area contributed by atoms with E-state index in [0.717, 1.165) is 8.58 Å². The van der Waals surface area contributed by atoms with Crippen molar-refractivity contribution < 1.29 is 32.6 Å². The van der Waals surface area contributed by atoms with E-state index in [4.69, 9.17) is 0 Å². The molecule has 3 aromatic rings. The molecule has 3 aromatic carbocycles. The molecule has 3 atom stereocenters. The predicted octanol–water partition coefficient (Wildman–Crippen LogP) is 0.643. The zero-order valence-electron chi connectivity index (χ0n) is 17.0. The molecular weight excluding hydrogens is 472 g/mol. The number of fused-ring (bicyclic) bond motifs is 2. The number of hydrogen-bond acceptors (Lipinski definition) is 0. The second-order valence-electron chi connectivity index (χ2n) is 7.72. The zero-order valence-corrected chi connectivity index (χ0v) is 20.5. The average molecular weight is 496 g/mol. The van der Waals surface area contributed by atoms with Gasteiger partial charge in [0.2, 0.25) is 0 Å². The molecule has 30 heavy (non-hydrogen) atoms. The second kappa shape index (κ2) is 9.63. The molecule has 0 spiro atoms. The van der Waals surface area contributed by atoms with Gasteiger partial charge in [-0.2, -0.15) is 0 Å². The largest absolute Gasteiger partial charge is 1.00 e. The van der Waals surface area contributed by atoms with Crippen LogP contribution in [-0.4, -0.2) is 0 Å². The van der Waals surface area contributed by atoms with E-state index in [1.807, 2.05) is 0 Å². The number of allylic oxidation sites excluding steroid dienone is 2. The fraction of sp³-hybridized carbons (Fsp3) is 0.154. The minimum absolute atomic E-state index is 0. The Bertz CT molecular complexity index is 1120. The number of aryl methyl sites for hydroxylation is 1. The molecule has 0 heterocycles. The van der Waals surface area contributed by atoms with Crippen molar-refractivity contribution in [2.45, 2.75) is 21.1 Å². The Morgan fingerprint density at radius 2 is 1.23 bits per heavy atom. The summed E-state index contributed by atoms with van der Waals surface area (Å²) in [7, 11) is 0.786. The Morgan fingerprint density at radius 3 is 1.93 bits per heavy atom. The monoisotopic (exact) mass is 494 g/mol. The van der Waals surface area contributed by atoms with Gasteiger partial charge in [0.1, 0.15) is 0 Å². The fourth-order valence-electron chi connectivity index (χ4n) is 4.35. The standard InChI is InChI=1S/C16H14P.C10H9.2FH.Zr/c1-12-6-2-5-9-16(12)17-15-10-13-7-3-4-8-14(13)11-15;1-8-6-9-4-2-3-5-10(9)7-8;;;/h2-11,17H,1H3;2-7H,1H3;2*1H;/q;;;;+2/p-2. The van der Waals surface area contributed by atoms with Gasteiger partial charge in [-0.3, -0.25) is 0 Å². The van der Waals surface area contributed by atoms with Crippen LogP contribution in [0.3, 0.4) is 0 Å². The van der Waals surface area contributed by atoms with Crippen LogP contribution in [0.15, 0.2) is 83.7 Å². The summed E-state index contributed by atoms with van der Waals surface area (Å²) in [5.74, 6) is 0. The number of benzene rings is 3. The van der Waals surface area contributed by atoms with Gasteiger partial charge in [0.25, 0.3) is 0 Å². The van der Waals surface area contributed by atoms with Gasteiger partial charge in [0.15, 0.2) is 0 Å². The van der Waals surface area contributed by atoms with Crippen LogP contribution in [0.25, 0.3) is 12.2 Å². The normalized spacial score (nSPS) is 18.6. The van der Waals surface area contributed by atoms with Gasteiger partial charge < -0.3 is 9.41 Å². The van der Waals surface area contributed by atoms with Gasteiger partial charge in [-0.05, 0) is 0 Å². The van der Waals surface area contributed by atoms with Gasteiger partial charge >= 0.3 is 182 Å². The molecule has 0 aromatic heterocycles. The summed E-state index contributed by atoms with van der Waals surface area (Å²) < 4.78 is 1.37. The Kier molecular flexibility index (Phi) is 7.38. The minimum atomic E-state index is -0.758. The number of hydrogen-bond donors (Lipinski definition) is 0. The van der Waals surface area contributed by atoms with Crippen LogP contribution < -0.4 is 14.7 Å². The average Bonchev–Trinajstić information content (AvgIpc) is 3.21. The van der Waals surface area contributed by atoms with Crippen molar-refractivity contribution in [3.8, 4) is 0 Å². The Morgan fingerprint density at radius 1 is 0.667 bits per heavy atom. The van der Waals surface area contributed by atoms with E-state index in [1.165, 1.54) is 22.0 Å². The van der Waals surface area contributed by atoms with E-state index in [-0.39, 0.29) is 9.41 Å². The van der Waals surface area contributed by atoms with Crippen LogP contribution in [0.5, 0.6) is 0 Å². The number of halogens is 2. The van der Waals surface area contributed by atoms with Gasteiger partial charge in [-0.1, -0.05) is 0 Å². The fourth-order valence-corrected chi connectivity index (χ4v) is 11.2. The minimum Gasteiger partial charge on any atom is -1.00 e. The first-order valence-electron chi connectivity index (χ1n) is 9.87. The smallest absolute Gasteiger partial charge is 1.00 e. The van der Waals surface area contributed by atoms with Crippen molar-refractivity contribution in [1.29, 1.82) is 0 Å². The first kappa shape index (κ1) is 23.0. The second-order valence-corrected chi connectivity index (χ2v) is 12.7. The summed E-state index contributed by atoms with van der Waals surface area (Å²) in [4.78, 5) is 0. The van der Waals surface area contributed by atoms with Crippen LogP contribution in [0.4, 0.5) is 0 Å². The third-order valence-electron chi connectivity index (χ3n) is 5.83. The third kappa shape index (κ3) is 4.21. The summed E-state index contributed by atoms with van der Waals surface area (Å²) in [6.45, 7) is 4.60. The van der Waals surface area contributed by atoms with Crippen molar-refractivity contribution in [2.75, 3.05) is 0 Å². The topological polar surface area (TPSA) is 0 Å². The maximum Gasteiger partial charge on any atom is -1.00 e. The molecule has 3 unspecified atom stereocenters. The van der Waals surface area contributed by atoms with E-state index in [9.17, 15) is 0 Å². The third-order valence-corrected chi connectivity index (χ3v) is 13.1. The maximum absolute atomic E-state index is 2.51. The molecular formula is C26H23F2PZr. The molecule has 0 aliphatic heterocycles. The van der Waals surface area contributed by atoms with Crippen LogP contribution >= 0.6 is 8.58 Å². The van der Waals surface area contributed by atoms with E-state index in [0.29, 0.717) is 7.25 Å². The van der Waals surface area contributed by atoms with Crippen molar-refractivity contribution in [3.63, 3.8) is 0 Å². The van der Waals surface area contributed by atoms with E-state index in [2.05, 4.69) is 98.8 Å². The summed E-state index contributed by atoms with van der Waals surface area (Å²) in [6.07, 6.45) is 4.93. The van der Waals surface area contributed by atoms with Crippen LogP contribution in [-0.2, 0) is 23.2 Å².